The third-order valence-corrected chi connectivity index (χ3v) is 3.33. The van der Waals surface area contributed by atoms with Gasteiger partial charge in [-0.2, -0.15) is 0 Å². The van der Waals surface area contributed by atoms with Crippen LogP contribution in [0.3, 0.4) is 0 Å². The van der Waals surface area contributed by atoms with Crippen LogP contribution in [0.4, 0.5) is 4.39 Å². The van der Waals surface area contributed by atoms with Gasteiger partial charge < -0.3 is 10.4 Å². The SMILES string of the molecule is O=C(N[C@H](Cc1ccc(Cl)cc1)C(=O)O)c1ccccc1F. The molecule has 0 radical (unpaired) electrons. The van der Waals surface area contributed by atoms with E-state index >= 15 is 0 Å². The van der Waals surface area contributed by atoms with Crippen LogP contribution >= 0.6 is 11.6 Å². The predicted octanol–water partition coefficient (Wildman–Crippen LogP) is 2.90. The van der Waals surface area contributed by atoms with E-state index in [1.165, 1.54) is 18.2 Å². The topological polar surface area (TPSA) is 66.4 Å². The molecule has 1 atom stereocenters. The summed E-state index contributed by atoms with van der Waals surface area (Å²) in [6.07, 6.45) is 0.0761. The van der Waals surface area contributed by atoms with Crippen LogP contribution in [0.25, 0.3) is 0 Å². The molecule has 0 fully saturated rings. The first-order valence-electron chi connectivity index (χ1n) is 6.50. The number of nitrogens with one attached hydrogen (secondary N) is 1. The van der Waals surface area contributed by atoms with Gasteiger partial charge in [0.25, 0.3) is 5.91 Å². The van der Waals surface area contributed by atoms with E-state index in [1.807, 2.05) is 0 Å². The van der Waals surface area contributed by atoms with E-state index in [2.05, 4.69) is 5.32 Å². The first kappa shape index (κ1) is 16.0. The smallest absolute Gasteiger partial charge is 0.326 e. The molecule has 0 spiro atoms. The molecular formula is C16H13ClFNO3. The van der Waals surface area contributed by atoms with E-state index in [1.54, 1.807) is 24.3 Å². The van der Waals surface area contributed by atoms with E-state index in [0.717, 1.165) is 6.07 Å². The maximum atomic E-state index is 13.5. The summed E-state index contributed by atoms with van der Waals surface area (Å²) in [7, 11) is 0. The highest BCUT2D eigenvalue weighted by atomic mass is 35.5. The molecule has 0 unspecified atom stereocenters. The van der Waals surface area contributed by atoms with Gasteiger partial charge in [-0.1, -0.05) is 35.9 Å². The third-order valence-electron chi connectivity index (χ3n) is 3.07. The van der Waals surface area contributed by atoms with Gasteiger partial charge in [0.15, 0.2) is 0 Å². The zero-order valence-electron chi connectivity index (χ0n) is 11.4. The Balaban J connectivity index is 2.12. The molecule has 0 aliphatic carbocycles. The summed E-state index contributed by atoms with van der Waals surface area (Å²) in [6.45, 7) is 0. The van der Waals surface area contributed by atoms with Gasteiger partial charge in [-0.25, -0.2) is 9.18 Å². The largest absolute Gasteiger partial charge is 0.480 e. The number of hydrogen-bond donors (Lipinski definition) is 2. The highest BCUT2D eigenvalue weighted by molar-refractivity contribution is 6.30. The van der Waals surface area contributed by atoms with Gasteiger partial charge in [0.05, 0.1) is 5.56 Å². The van der Waals surface area contributed by atoms with Crippen LogP contribution < -0.4 is 5.32 Å². The van der Waals surface area contributed by atoms with Crippen molar-refractivity contribution >= 4 is 23.5 Å². The van der Waals surface area contributed by atoms with E-state index in [-0.39, 0.29) is 12.0 Å². The first-order chi connectivity index (χ1) is 10.5. The molecule has 0 saturated carbocycles. The Morgan fingerprint density at radius 2 is 1.77 bits per heavy atom. The molecule has 2 rings (SSSR count). The van der Waals surface area contributed by atoms with Gasteiger partial charge in [0.1, 0.15) is 11.9 Å². The van der Waals surface area contributed by atoms with E-state index < -0.39 is 23.7 Å². The number of carboxylic acid groups (broad SMARTS) is 1. The zero-order chi connectivity index (χ0) is 16.1. The van der Waals surface area contributed by atoms with Crippen molar-refractivity contribution in [2.24, 2.45) is 0 Å². The van der Waals surface area contributed by atoms with Crippen LogP contribution in [0.1, 0.15) is 15.9 Å². The molecule has 2 N–H and O–H groups in total. The lowest BCUT2D eigenvalue weighted by molar-refractivity contribution is -0.139. The van der Waals surface area contributed by atoms with Crippen molar-refractivity contribution in [2.75, 3.05) is 0 Å². The molecule has 1 amide bonds. The average molecular weight is 322 g/mol. The number of rotatable bonds is 5. The summed E-state index contributed by atoms with van der Waals surface area (Å²) >= 11 is 5.76. The minimum absolute atomic E-state index is 0.0761. The molecule has 0 saturated heterocycles. The van der Waals surface area contributed by atoms with E-state index in [9.17, 15) is 19.1 Å². The van der Waals surface area contributed by atoms with Crippen molar-refractivity contribution in [3.8, 4) is 0 Å². The summed E-state index contributed by atoms with van der Waals surface area (Å²) < 4.78 is 13.5. The highest BCUT2D eigenvalue weighted by Crippen LogP contribution is 2.12. The second-order valence-corrected chi connectivity index (χ2v) is 5.11. The molecule has 4 nitrogen and oxygen atoms in total. The van der Waals surface area contributed by atoms with E-state index in [0.29, 0.717) is 10.6 Å². The number of carbonyl (C=O) groups is 2. The molecule has 22 heavy (non-hydrogen) atoms. The number of amides is 1. The summed E-state index contributed by atoms with van der Waals surface area (Å²) in [5, 5.41) is 12.1. The van der Waals surface area contributed by atoms with Crippen LogP contribution in [0, 0.1) is 5.82 Å². The fraction of sp³-hybridized carbons (Fsp3) is 0.125. The van der Waals surface area contributed by atoms with Crippen LogP contribution in [-0.4, -0.2) is 23.0 Å². The van der Waals surface area contributed by atoms with Crippen LogP contribution in [-0.2, 0) is 11.2 Å². The number of halogens is 2. The second kappa shape index (κ2) is 7.04. The maximum Gasteiger partial charge on any atom is 0.326 e. The molecule has 2 aromatic rings. The van der Waals surface area contributed by atoms with Crippen molar-refractivity contribution in [3.05, 3.63) is 70.5 Å². The molecular weight excluding hydrogens is 309 g/mol. The quantitative estimate of drug-likeness (QED) is 0.890. The van der Waals surface area contributed by atoms with Crippen molar-refractivity contribution in [1.82, 2.24) is 5.32 Å². The zero-order valence-corrected chi connectivity index (χ0v) is 12.2. The van der Waals surface area contributed by atoms with Gasteiger partial charge in [0.2, 0.25) is 0 Å². The number of hydrogen-bond acceptors (Lipinski definition) is 2. The van der Waals surface area contributed by atoms with Crippen molar-refractivity contribution in [2.45, 2.75) is 12.5 Å². The summed E-state index contributed by atoms with van der Waals surface area (Å²) in [5.74, 6) is -2.66. The number of benzene rings is 2. The molecule has 2 aromatic carbocycles. The molecule has 0 aromatic heterocycles. The lowest BCUT2D eigenvalue weighted by Crippen LogP contribution is -2.42. The minimum Gasteiger partial charge on any atom is -0.480 e. The predicted molar refractivity (Wildman–Crippen MR) is 80.4 cm³/mol. The van der Waals surface area contributed by atoms with Crippen molar-refractivity contribution < 1.29 is 19.1 Å². The van der Waals surface area contributed by atoms with Gasteiger partial charge in [-0.05, 0) is 29.8 Å². The van der Waals surface area contributed by atoms with Crippen LogP contribution in [0.2, 0.25) is 5.02 Å². The first-order valence-corrected chi connectivity index (χ1v) is 6.88. The molecule has 0 aliphatic rings. The fourth-order valence-electron chi connectivity index (χ4n) is 1.94. The van der Waals surface area contributed by atoms with Crippen LogP contribution in [0.15, 0.2) is 48.5 Å². The lowest BCUT2D eigenvalue weighted by Gasteiger charge is -2.15. The number of aliphatic carboxylic acids is 1. The molecule has 0 aliphatic heterocycles. The summed E-state index contributed by atoms with van der Waals surface area (Å²) in [4.78, 5) is 23.3. The monoisotopic (exact) mass is 321 g/mol. The molecule has 0 bridgehead atoms. The maximum absolute atomic E-state index is 13.5. The normalized spacial score (nSPS) is 11.7. The van der Waals surface area contributed by atoms with Crippen molar-refractivity contribution in [3.63, 3.8) is 0 Å². The van der Waals surface area contributed by atoms with Crippen LogP contribution in [0.5, 0.6) is 0 Å². The minimum atomic E-state index is -1.19. The Labute approximate surface area is 131 Å². The Morgan fingerprint density at radius 3 is 2.36 bits per heavy atom. The molecule has 0 heterocycles. The number of carbonyl (C=O) groups excluding carboxylic acids is 1. The van der Waals surface area contributed by atoms with E-state index in [4.69, 9.17) is 11.6 Å². The van der Waals surface area contributed by atoms with Gasteiger partial charge in [0, 0.05) is 11.4 Å². The van der Waals surface area contributed by atoms with Gasteiger partial charge in [-0.3, -0.25) is 4.79 Å². The van der Waals surface area contributed by atoms with Gasteiger partial charge >= 0.3 is 5.97 Å². The lowest BCUT2D eigenvalue weighted by atomic mass is 10.1. The second-order valence-electron chi connectivity index (χ2n) is 4.67. The Hall–Kier alpha value is -2.40. The Kier molecular flexibility index (Phi) is 5.12. The average Bonchev–Trinajstić information content (AvgIpc) is 2.49. The standard InChI is InChI=1S/C16H13ClFNO3/c17-11-7-5-10(6-8-11)9-14(16(21)22)19-15(20)12-3-1-2-4-13(12)18/h1-8,14H,9H2,(H,19,20)(H,21,22)/t14-/m1/s1. The molecule has 6 heteroatoms. The Morgan fingerprint density at radius 1 is 1.14 bits per heavy atom. The summed E-state index contributed by atoms with van der Waals surface area (Å²) in [6, 6.07) is 10.9. The third kappa shape index (κ3) is 4.05. The fourth-order valence-corrected chi connectivity index (χ4v) is 2.06. The highest BCUT2D eigenvalue weighted by Gasteiger charge is 2.22. The van der Waals surface area contributed by atoms with Crippen molar-refractivity contribution in [1.29, 1.82) is 0 Å². The number of carboxylic acids is 1. The summed E-state index contributed by atoms with van der Waals surface area (Å²) in [5.41, 5.74) is 0.510. The molecule has 114 valence electrons. The Bertz CT molecular complexity index is 688. The van der Waals surface area contributed by atoms with Gasteiger partial charge in [-0.15, -0.1) is 0 Å².